The van der Waals surface area contributed by atoms with E-state index >= 15 is 0 Å². The number of aromatic nitrogens is 1. The van der Waals surface area contributed by atoms with E-state index in [1.54, 1.807) is 12.1 Å². The summed E-state index contributed by atoms with van der Waals surface area (Å²) in [6, 6.07) is 3.34. The van der Waals surface area contributed by atoms with Gasteiger partial charge in [0.25, 0.3) is 5.91 Å². The molecule has 0 aliphatic carbocycles. The maximum atomic E-state index is 12.1. The number of unbranched alkanes of at least 4 members (excludes halogenated alkanes) is 1. The van der Waals surface area contributed by atoms with Crippen LogP contribution in [-0.2, 0) is 0 Å². The van der Waals surface area contributed by atoms with Crippen LogP contribution in [0.15, 0.2) is 12.1 Å². The Labute approximate surface area is 132 Å². The third-order valence-corrected chi connectivity index (χ3v) is 3.30. The monoisotopic (exact) mass is 311 g/mol. The molecule has 0 aromatic carbocycles. The molecule has 1 rings (SSSR count). The number of carbonyl (C=O) groups is 1. The first-order valence-electron chi connectivity index (χ1n) is 7.72. The van der Waals surface area contributed by atoms with Gasteiger partial charge in [0.05, 0.1) is 0 Å². The summed E-state index contributed by atoms with van der Waals surface area (Å²) >= 11 is 5.96. The molecule has 0 fully saturated rings. The number of halogens is 1. The lowest BCUT2D eigenvalue weighted by molar-refractivity contribution is 0.0953. The summed E-state index contributed by atoms with van der Waals surface area (Å²) in [7, 11) is 0. The average molecular weight is 312 g/mol. The molecular formula is C16H26ClN3O. The molecule has 1 amide bonds. The minimum Gasteiger partial charge on any atom is -0.370 e. The van der Waals surface area contributed by atoms with Gasteiger partial charge in [-0.2, -0.15) is 0 Å². The van der Waals surface area contributed by atoms with Crippen molar-refractivity contribution in [2.75, 3.05) is 18.4 Å². The molecule has 21 heavy (non-hydrogen) atoms. The molecule has 1 aromatic heterocycles. The van der Waals surface area contributed by atoms with E-state index in [1.165, 1.54) is 6.42 Å². The summed E-state index contributed by atoms with van der Waals surface area (Å²) in [5.41, 5.74) is 0.553. The molecule has 0 spiro atoms. The Hall–Kier alpha value is -1.29. The molecule has 118 valence electrons. The van der Waals surface area contributed by atoms with Crippen molar-refractivity contribution in [3.05, 3.63) is 22.8 Å². The van der Waals surface area contributed by atoms with Crippen molar-refractivity contribution >= 4 is 23.3 Å². The Balaban J connectivity index is 2.47. The van der Waals surface area contributed by atoms with Crippen LogP contribution >= 0.6 is 11.6 Å². The Bertz CT molecular complexity index is 449. The molecule has 0 bridgehead atoms. The summed E-state index contributed by atoms with van der Waals surface area (Å²) in [4.78, 5) is 16.3. The first kappa shape index (κ1) is 17.8. The van der Waals surface area contributed by atoms with Crippen LogP contribution in [-0.4, -0.2) is 24.0 Å². The first-order chi connectivity index (χ1) is 10.0. The molecule has 0 radical (unpaired) electrons. The van der Waals surface area contributed by atoms with E-state index in [4.69, 9.17) is 11.6 Å². The van der Waals surface area contributed by atoms with E-state index in [-0.39, 0.29) is 5.91 Å². The van der Waals surface area contributed by atoms with Gasteiger partial charge in [-0.3, -0.25) is 4.79 Å². The largest absolute Gasteiger partial charge is 0.370 e. The minimum atomic E-state index is -0.0941. The van der Waals surface area contributed by atoms with E-state index in [1.807, 2.05) is 0 Å². The van der Waals surface area contributed by atoms with Gasteiger partial charge < -0.3 is 10.6 Å². The highest BCUT2D eigenvalue weighted by Gasteiger charge is 2.08. The lowest BCUT2D eigenvalue weighted by atomic mass is 10.1. The molecule has 1 heterocycles. The fourth-order valence-electron chi connectivity index (χ4n) is 1.95. The van der Waals surface area contributed by atoms with Crippen LogP contribution in [0.2, 0.25) is 5.15 Å². The van der Waals surface area contributed by atoms with Gasteiger partial charge in [-0.1, -0.05) is 45.2 Å². The topological polar surface area (TPSA) is 54.0 Å². The number of amides is 1. The summed E-state index contributed by atoms with van der Waals surface area (Å²) in [6.45, 7) is 8.00. The number of pyridine rings is 1. The van der Waals surface area contributed by atoms with Crippen molar-refractivity contribution in [1.82, 2.24) is 10.3 Å². The van der Waals surface area contributed by atoms with E-state index < -0.39 is 0 Å². The zero-order valence-corrected chi connectivity index (χ0v) is 14.0. The predicted molar refractivity (Wildman–Crippen MR) is 89.0 cm³/mol. The van der Waals surface area contributed by atoms with Gasteiger partial charge in [0.2, 0.25) is 0 Å². The highest BCUT2D eigenvalue weighted by atomic mass is 35.5. The zero-order valence-electron chi connectivity index (χ0n) is 13.2. The number of rotatable bonds is 9. The SMILES string of the molecule is CCCNc1cc(C(=O)NCCCCC(C)C)cc(Cl)n1. The van der Waals surface area contributed by atoms with E-state index in [0.29, 0.717) is 29.0 Å². The fourth-order valence-corrected chi connectivity index (χ4v) is 2.16. The molecule has 4 nitrogen and oxygen atoms in total. The summed E-state index contributed by atoms with van der Waals surface area (Å²) in [5.74, 6) is 1.27. The van der Waals surface area contributed by atoms with Crippen LogP contribution in [0.25, 0.3) is 0 Å². The smallest absolute Gasteiger partial charge is 0.251 e. The highest BCUT2D eigenvalue weighted by molar-refractivity contribution is 6.29. The quantitative estimate of drug-likeness (QED) is 0.533. The van der Waals surface area contributed by atoms with Gasteiger partial charge in [-0.05, 0) is 30.9 Å². The van der Waals surface area contributed by atoms with Gasteiger partial charge in [0.15, 0.2) is 0 Å². The van der Waals surface area contributed by atoms with Crippen LogP contribution in [0, 0.1) is 5.92 Å². The van der Waals surface area contributed by atoms with Crippen molar-refractivity contribution in [2.24, 2.45) is 5.92 Å². The van der Waals surface area contributed by atoms with Gasteiger partial charge in [0.1, 0.15) is 11.0 Å². The minimum absolute atomic E-state index is 0.0941. The Morgan fingerprint density at radius 1 is 1.29 bits per heavy atom. The fraction of sp³-hybridized carbons (Fsp3) is 0.625. The van der Waals surface area contributed by atoms with E-state index in [0.717, 1.165) is 25.8 Å². The normalized spacial score (nSPS) is 10.7. The average Bonchev–Trinajstić information content (AvgIpc) is 2.43. The van der Waals surface area contributed by atoms with Gasteiger partial charge in [-0.15, -0.1) is 0 Å². The zero-order chi connectivity index (χ0) is 15.7. The second-order valence-electron chi connectivity index (χ2n) is 5.64. The molecule has 0 aliphatic heterocycles. The molecule has 0 unspecified atom stereocenters. The van der Waals surface area contributed by atoms with Crippen LogP contribution in [0.5, 0.6) is 0 Å². The van der Waals surface area contributed by atoms with E-state index in [2.05, 4.69) is 36.4 Å². The molecule has 1 aromatic rings. The van der Waals surface area contributed by atoms with Crippen molar-refractivity contribution in [3.63, 3.8) is 0 Å². The molecule has 0 aliphatic rings. The van der Waals surface area contributed by atoms with Crippen molar-refractivity contribution < 1.29 is 4.79 Å². The molecule has 2 N–H and O–H groups in total. The molecule has 0 saturated heterocycles. The Kier molecular flexibility index (Phi) is 8.13. The lowest BCUT2D eigenvalue weighted by Gasteiger charge is -2.09. The number of nitrogens with zero attached hydrogens (tertiary/aromatic N) is 1. The number of carbonyl (C=O) groups excluding carboxylic acids is 1. The number of hydrogen-bond acceptors (Lipinski definition) is 3. The second kappa shape index (κ2) is 9.61. The van der Waals surface area contributed by atoms with Crippen LogP contribution in [0.4, 0.5) is 5.82 Å². The van der Waals surface area contributed by atoms with Gasteiger partial charge in [-0.25, -0.2) is 4.98 Å². The Morgan fingerprint density at radius 3 is 2.71 bits per heavy atom. The summed E-state index contributed by atoms with van der Waals surface area (Å²) in [6.07, 6.45) is 4.33. The number of nitrogens with one attached hydrogen (secondary N) is 2. The molecule has 0 saturated carbocycles. The molecular weight excluding hydrogens is 286 g/mol. The highest BCUT2D eigenvalue weighted by Crippen LogP contribution is 2.14. The van der Waals surface area contributed by atoms with Gasteiger partial charge >= 0.3 is 0 Å². The van der Waals surface area contributed by atoms with Gasteiger partial charge in [0, 0.05) is 18.7 Å². The van der Waals surface area contributed by atoms with Crippen molar-refractivity contribution in [2.45, 2.75) is 46.5 Å². The van der Waals surface area contributed by atoms with Crippen molar-refractivity contribution in [1.29, 1.82) is 0 Å². The van der Waals surface area contributed by atoms with E-state index in [9.17, 15) is 4.79 Å². The maximum absolute atomic E-state index is 12.1. The third-order valence-electron chi connectivity index (χ3n) is 3.11. The molecule has 0 atom stereocenters. The maximum Gasteiger partial charge on any atom is 0.251 e. The van der Waals surface area contributed by atoms with Crippen LogP contribution in [0.3, 0.4) is 0 Å². The Morgan fingerprint density at radius 2 is 2.05 bits per heavy atom. The first-order valence-corrected chi connectivity index (χ1v) is 8.10. The van der Waals surface area contributed by atoms with Crippen molar-refractivity contribution in [3.8, 4) is 0 Å². The predicted octanol–water partition coefficient (Wildman–Crippen LogP) is 4.11. The van der Waals surface area contributed by atoms with Crippen LogP contribution in [0.1, 0.15) is 56.8 Å². The summed E-state index contributed by atoms with van der Waals surface area (Å²) in [5, 5.41) is 6.41. The molecule has 5 heteroatoms. The number of anilines is 1. The number of hydrogen-bond donors (Lipinski definition) is 2. The van der Waals surface area contributed by atoms with Crippen LogP contribution < -0.4 is 10.6 Å². The second-order valence-corrected chi connectivity index (χ2v) is 6.02. The standard InChI is InChI=1S/C16H26ClN3O/c1-4-8-18-15-11-13(10-14(17)20-15)16(21)19-9-6-5-7-12(2)3/h10-12H,4-9H2,1-3H3,(H,18,20)(H,19,21). The summed E-state index contributed by atoms with van der Waals surface area (Å²) < 4.78 is 0. The third kappa shape index (κ3) is 7.32. The lowest BCUT2D eigenvalue weighted by Crippen LogP contribution is -2.24.